The number of carbonyl (C=O) groups is 1. The summed E-state index contributed by atoms with van der Waals surface area (Å²) in [5.74, 6) is 2.14. The van der Waals surface area contributed by atoms with E-state index in [9.17, 15) is 4.79 Å². The zero-order valence-corrected chi connectivity index (χ0v) is 19.7. The summed E-state index contributed by atoms with van der Waals surface area (Å²) in [4.78, 5) is 21.5. The van der Waals surface area contributed by atoms with Gasteiger partial charge in [0.2, 0.25) is 0 Å². The lowest BCUT2D eigenvalue weighted by Gasteiger charge is -2.47. The van der Waals surface area contributed by atoms with Gasteiger partial charge in [-0.15, -0.1) is 0 Å². The molecule has 1 aromatic carbocycles. The Balaban J connectivity index is 1.17. The molecule has 2 saturated heterocycles. The molecule has 7 nitrogen and oxygen atoms in total. The number of benzene rings is 1. The number of anilines is 1. The van der Waals surface area contributed by atoms with Crippen LogP contribution in [0.5, 0.6) is 11.5 Å². The molecule has 3 aliphatic rings. The third-order valence-electron chi connectivity index (χ3n) is 7.43. The molecular formula is C26H34N4O3. The summed E-state index contributed by atoms with van der Waals surface area (Å²) in [5.41, 5.74) is 7.44. The quantitative estimate of drug-likeness (QED) is 0.767. The first-order valence-electron chi connectivity index (χ1n) is 12.0. The molecule has 0 bridgehead atoms. The molecule has 0 unspecified atom stereocenters. The summed E-state index contributed by atoms with van der Waals surface area (Å²) in [7, 11) is 0. The Morgan fingerprint density at radius 3 is 2.45 bits per heavy atom. The van der Waals surface area contributed by atoms with Gasteiger partial charge in [0, 0.05) is 25.2 Å². The van der Waals surface area contributed by atoms with Crippen molar-refractivity contribution < 1.29 is 14.3 Å². The maximum absolute atomic E-state index is 12.8. The first-order chi connectivity index (χ1) is 15.8. The van der Waals surface area contributed by atoms with Crippen LogP contribution >= 0.6 is 0 Å². The summed E-state index contributed by atoms with van der Waals surface area (Å²) in [6.07, 6.45) is 4.45. The van der Waals surface area contributed by atoms with E-state index >= 15 is 0 Å². The third-order valence-corrected chi connectivity index (χ3v) is 7.43. The standard InChI is InChI=1S/C26H34N4O3/c1-25(2)18-32-21-7-3-5-19(23(21)33-25)17-29-13-9-26(10-14-29)11-15-30(16-12-26)24(31)20-6-4-8-22(27)28-20/h3-8H,9-18H2,1-2H3,(H2,27,28). The average Bonchev–Trinajstić information content (AvgIpc) is 2.81. The van der Waals surface area contributed by atoms with E-state index < -0.39 is 0 Å². The molecule has 0 atom stereocenters. The topological polar surface area (TPSA) is 80.9 Å². The smallest absolute Gasteiger partial charge is 0.272 e. The number of amides is 1. The molecule has 2 N–H and O–H groups in total. The van der Waals surface area contributed by atoms with Gasteiger partial charge in [0.15, 0.2) is 11.5 Å². The molecule has 7 heteroatoms. The van der Waals surface area contributed by atoms with Gasteiger partial charge in [-0.1, -0.05) is 18.2 Å². The monoisotopic (exact) mass is 450 g/mol. The van der Waals surface area contributed by atoms with E-state index in [1.807, 2.05) is 11.0 Å². The second kappa shape index (κ2) is 8.52. The molecule has 0 radical (unpaired) electrons. The number of likely N-dealkylation sites (tertiary alicyclic amines) is 2. The number of nitrogens with two attached hydrogens (primary N) is 1. The molecule has 4 heterocycles. The van der Waals surface area contributed by atoms with Crippen LogP contribution in [0.4, 0.5) is 5.82 Å². The summed E-state index contributed by atoms with van der Waals surface area (Å²) in [6.45, 7) is 9.31. The maximum atomic E-state index is 12.8. The van der Waals surface area contributed by atoms with Crippen molar-refractivity contribution in [1.82, 2.24) is 14.8 Å². The molecular weight excluding hydrogens is 416 g/mol. The molecule has 2 fully saturated rings. The van der Waals surface area contributed by atoms with Crippen LogP contribution in [0, 0.1) is 5.41 Å². The first kappa shape index (κ1) is 22.0. The van der Waals surface area contributed by atoms with Crippen LogP contribution in [0.15, 0.2) is 36.4 Å². The highest BCUT2D eigenvalue weighted by atomic mass is 16.6. The molecule has 1 amide bonds. The van der Waals surface area contributed by atoms with Gasteiger partial charge in [-0.2, -0.15) is 0 Å². The van der Waals surface area contributed by atoms with E-state index in [0.717, 1.165) is 57.1 Å². The van der Waals surface area contributed by atoms with E-state index in [-0.39, 0.29) is 11.5 Å². The first-order valence-corrected chi connectivity index (χ1v) is 12.0. The largest absolute Gasteiger partial charge is 0.486 e. The number of nitrogen functional groups attached to an aromatic ring is 1. The van der Waals surface area contributed by atoms with E-state index in [0.29, 0.717) is 23.5 Å². The second-order valence-electron chi connectivity index (χ2n) is 10.4. The third kappa shape index (κ3) is 4.64. The van der Waals surface area contributed by atoms with Crippen molar-refractivity contribution in [1.29, 1.82) is 0 Å². The van der Waals surface area contributed by atoms with Crippen molar-refractivity contribution in [3.63, 3.8) is 0 Å². The van der Waals surface area contributed by atoms with Gasteiger partial charge in [-0.05, 0) is 76.2 Å². The number of para-hydroxylation sites is 1. The van der Waals surface area contributed by atoms with E-state index in [4.69, 9.17) is 15.2 Å². The van der Waals surface area contributed by atoms with Gasteiger partial charge in [-0.3, -0.25) is 9.69 Å². The number of piperidine rings is 2. The van der Waals surface area contributed by atoms with Crippen molar-refractivity contribution in [3.8, 4) is 11.5 Å². The van der Waals surface area contributed by atoms with Crippen LogP contribution in [0.1, 0.15) is 55.6 Å². The lowest BCUT2D eigenvalue weighted by Crippen LogP contribution is -2.48. The van der Waals surface area contributed by atoms with E-state index in [1.165, 1.54) is 18.4 Å². The predicted molar refractivity (Wildman–Crippen MR) is 127 cm³/mol. The number of pyridine rings is 1. The highest BCUT2D eigenvalue weighted by molar-refractivity contribution is 5.92. The van der Waals surface area contributed by atoms with Gasteiger partial charge in [0.05, 0.1) is 0 Å². The number of hydrogen-bond acceptors (Lipinski definition) is 6. The van der Waals surface area contributed by atoms with E-state index in [2.05, 4.69) is 35.9 Å². The molecule has 5 rings (SSSR count). The molecule has 1 aromatic heterocycles. The van der Waals surface area contributed by atoms with Crippen LogP contribution in [-0.4, -0.2) is 59.1 Å². The highest BCUT2D eigenvalue weighted by Crippen LogP contribution is 2.43. The predicted octanol–water partition coefficient (Wildman–Crippen LogP) is 3.73. The Morgan fingerprint density at radius 2 is 1.73 bits per heavy atom. The fraction of sp³-hybridized carbons (Fsp3) is 0.538. The SMILES string of the molecule is CC1(C)COc2cccc(CN3CCC4(CC3)CCN(C(=O)c3cccc(N)n3)CC4)c2O1. The van der Waals surface area contributed by atoms with Gasteiger partial charge in [-0.25, -0.2) is 4.98 Å². The molecule has 2 aromatic rings. The lowest BCUT2D eigenvalue weighted by atomic mass is 9.71. The molecule has 33 heavy (non-hydrogen) atoms. The van der Waals surface area contributed by atoms with Gasteiger partial charge >= 0.3 is 0 Å². The Bertz CT molecular complexity index is 1020. The van der Waals surface area contributed by atoms with Gasteiger partial charge < -0.3 is 20.1 Å². The molecule has 1 spiro atoms. The van der Waals surface area contributed by atoms with Gasteiger partial charge in [0.25, 0.3) is 5.91 Å². The maximum Gasteiger partial charge on any atom is 0.272 e. The minimum Gasteiger partial charge on any atom is -0.486 e. The molecule has 3 aliphatic heterocycles. The average molecular weight is 451 g/mol. The number of nitrogens with zero attached hydrogens (tertiary/aromatic N) is 3. The number of rotatable bonds is 3. The van der Waals surface area contributed by atoms with E-state index in [1.54, 1.807) is 18.2 Å². The zero-order chi connectivity index (χ0) is 23.1. The number of hydrogen-bond donors (Lipinski definition) is 1. The highest BCUT2D eigenvalue weighted by Gasteiger charge is 2.39. The number of ether oxygens (including phenoxy) is 2. The summed E-state index contributed by atoms with van der Waals surface area (Å²) in [5, 5.41) is 0. The minimum absolute atomic E-state index is 0.00594. The normalized spacial score (nSPS) is 21.7. The van der Waals surface area contributed by atoms with Crippen molar-refractivity contribution in [3.05, 3.63) is 47.7 Å². The number of carbonyl (C=O) groups excluding carboxylic acids is 1. The second-order valence-corrected chi connectivity index (χ2v) is 10.4. The summed E-state index contributed by atoms with van der Waals surface area (Å²) >= 11 is 0. The van der Waals surface area contributed by atoms with Crippen molar-refractivity contribution in [2.45, 2.75) is 51.7 Å². The van der Waals surface area contributed by atoms with Crippen molar-refractivity contribution in [2.24, 2.45) is 5.41 Å². The van der Waals surface area contributed by atoms with Crippen LogP contribution in [0.25, 0.3) is 0 Å². The molecule has 0 saturated carbocycles. The molecule has 176 valence electrons. The Morgan fingerprint density at radius 1 is 1.03 bits per heavy atom. The zero-order valence-electron chi connectivity index (χ0n) is 19.7. The number of fused-ring (bicyclic) bond motifs is 1. The van der Waals surface area contributed by atoms with Crippen molar-refractivity contribution in [2.75, 3.05) is 38.5 Å². The number of aromatic nitrogens is 1. The fourth-order valence-corrected chi connectivity index (χ4v) is 5.32. The summed E-state index contributed by atoms with van der Waals surface area (Å²) in [6, 6.07) is 11.5. The Kier molecular flexibility index (Phi) is 5.69. The van der Waals surface area contributed by atoms with Crippen LogP contribution in [-0.2, 0) is 6.54 Å². The summed E-state index contributed by atoms with van der Waals surface area (Å²) < 4.78 is 12.2. The van der Waals surface area contributed by atoms with Gasteiger partial charge in [0.1, 0.15) is 23.7 Å². The van der Waals surface area contributed by atoms with Crippen LogP contribution in [0.2, 0.25) is 0 Å². The Hall–Kier alpha value is -2.80. The minimum atomic E-state index is -0.304. The molecule has 0 aliphatic carbocycles. The van der Waals surface area contributed by atoms with Crippen molar-refractivity contribution >= 4 is 11.7 Å². The fourth-order valence-electron chi connectivity index (χ4n) is 5.32. The van der Waals surface area contributed by atoms with Crippen LogP contribution in [0.3, 0.4) is 0 Å². The lowest BCUT2D eigenvalue weighted by molar-refractivity contribution is 0.0162. The Labute approximate surface area is 195 Å². The van der Waals surface area contributed by atoms with Crippen LogP contribution < -0.4 is 15.2 Å².